The summed E-state index contributed by atoms with van der Waals surface area (Å²) < 4.78 is 16.3. The number of anilines is 1. The minimum absolute atomic E-state index is 0. The summed E-state index contributed by atoms with van der Waals surface area (Å²) in [6.45, 7) is 4.80. The topological polar surface area (TPSA) is 67.4 Å². The first-order chi connectivity index (χ1) is 15.1. The highest BCUT2D eigenvalue weighted by Crippen LogP contribution is 2.30. The average molecular weight is 554 g/mol. The SMILES string of the molecule is CN=C(NCC(C)c1ccccc1OC)NC1CCN(c2cc(OC)cc(OC)c2)C1.I. The van der Waals surface area contributed by atoms with Gasteiger partial charge in [0.1, 0.15) is 17.2 Å². The molecule has 32 heavy (non-hydrogen) atoms. The van der Waals surface area contributed by atoms with E-state index in [4.69, 9.17) is 14.2 Å². The van der Waals surface area contributed by atoms with Crippen molar-refractivity contribution in [3.63, 3.8) is 0 Å². The monoisotopic (exact) mass is 554 g/mol. The van der Waals surface area contributed by atoms with Gasteiger partial charge in [-0.3, -0.25) is 4.99 Å². The maximum absolute atomic E-state index is 5.50. The molecule has 176 valence electrons. The Hall–Kier alpha value is -2.36. The van der Waals surface area contributed by atoms with Crippen molar-refractivity contribution in [3.8, 4) is 17.2 Å². The van der Waals surface area contributed by atoms with Crippen LogP contribution in [0.15, 0.2) is 47.5 Å². The third-order valence-corrected chi connectivity index (χ3v) is 5.70. The smallest absolute Gasteiger partial charge is 0.191 e. The Bertz CT molecular complexity index is 871. The standard InChI is InChI=1S/C24H34N4O3.HI/c1-17(22-8-6-7-9-23(22)31-5)15-26-24(25-2)27-18-10-11-28(16-18)19-12-20(29-3)14-21(13-19)30-4;/h6-9,12-14,17-18H,10-11,15-16H2,1-5H3,(H2,25,26,27);1H. The molecule has 1 saturated heterocycles. The molecule has 0 aliphatic carbocycles. The van der Waals surface area contributed by atoms with Gasteiger partial charge in [0.15, 0.2) is 5.96 Å². The summed E-state index contributed by atoms with van der Waals surface area (Å²) in [5.41, 5.74) is 2.29. The summed E-state index contributed by atoms with van der Waals surface area (Å²) in [5.74, 6) is 3.62. The molecule has 2 N–H and O–H groups in total. The lowest BCUT2D eigenvalue weighted by Gasteiger charge is -2.22. The molecular formula is C24H35IN4O3. The van der Waals surface area contributed by atoms with Gasteiger partial charge in [0.25, 0.3) is 0 Å². The van der Waals surface area contributed by atoms with Crippen molar-refractivity contribution >= 4 is 35.6 Å². The molecule has 1 heterocycles. The van der Waals surface area contributed by atoms with E-state index in [1.165, 1.54) is 5.56 Å². The molecule has 8 heteroatoms. The van der Waals surface area contributed by atoms with Crippen molar-refractivity contribution < 1.29 is 14.2 Å². The van der Waals surface area contributed by atoms with Crippen molar-refractivity contribution in [2.75, 3.05) is 52.9 Å². The zero-order valence-electron chi connectivity index (χ0n) is 19.6. The quantitative estimate of drug-likeness (QED) is 0.294. The van der Waals surface area contributed by atoms with E-state index in [9.17, 15) is 0 Å². The summed E-state index contributed by atoms with van der Waals surface area (Å²) >= 11 is 0. The summed E-state index contributed by atoms with van der Waals surface area (Å²) in [6.07, 6.45) is 1.03. The summed E-state index contributed by atoms with van der Waals surface area (Å²) in [6, 6.07) is 14.4. The molecule has 7 nitrogen and oxygen atoms in total. The number of para-hydroxylation sites is 1. The molecule has 1 aliphatic rings. The first-order valence-electron chi connectivity index (χ1n) is 10.7. The fourth-order valence-electron chi connectivity index (χ4n) is 3.91. The van der Waals surface area contributed by atoms with Gasteiger partial charge in [0, 0.05) is 62.5 Å². The number of halogens is 1. The van der Waals surface area contributed by atoms with Crippen LogP contribution in [0.25, 0.3) is 0 Å². The molecule has 0 saturated carbocycles. The first kappa shape index (κ1) is 25.9. The number of aliphatic imine (C=N–C) groups is 1. The van der Waals surface area contributed by atoms with Gasteiger partial charge in [-0.15, -0.1) is 24.0 Å². The van der Waals surface area contributed by atoms with Crippen LogP contribution in [0.4, 0.5) is 5.69 Å². The van der Waals surface area contributed by atoms with Gasteiger partial charge in [-0.05, 0) is 18.1 Å². The van der Waals surface area contributed by atoms with Crippen molar-refractivity contribution in [1.82, 2.24) is 10.6 Å². The van der Waals surface area contributed by atoms with Crippen LogP contribution in [0.5, 0.6) is 17.2 Å². The normalized spacial score (nSPS) is 16.7. The molecule has 0 aromatic heterocycles. The van der Waals surface area contributed by atoms with Crippen LogP contribution in [0.2, 0.25) is 0 Å². The largest absolute Gasteiger partial charge is 0.497 e. The zero-order valence-corrected chi connectivity index (χ0v) is 21.9. The highest BCUT2D eigenvalue weighted by Gasteiger charge is 2.24. The molecule has 2 aromatic rings. The lowest BCUT2D eigenvalue weighted by atomic mass is 10.0. The maximum atomic E-state index is 5.50. The van der Waals surface area contributed by atoms with Crippen molar-refractivity contribution in [2.45, 2.75) is 25.3 Å². The number of methoxy groups -OCH3 is 3. The Morgan fingerprint density at radius 1 is 1.09 bits per heavy atom. The lowest BCUT2D eigenvalue weighted by Crippen LogP contribution is -2.45. The van der Waals surface area contributed by atoms with E-state index in [1.54, 1.807) is 21.3 Å². The van der Waals surface area contributed by atoms with Crippen LogP contribution in [-0.2, 0) is 0 Å². The lowest BCUT2D eigenvalue weighted by molar-refractivity contribution is 0.394. The van der Waals surface area contributed by atoms with Gasteiger partial charge in [-0.2, -0.15) is 0 Å². The van der Waals surface area contributed by atoms with E-state index in [1.807, 2.05) is 43.4 Å². The number of hydrogen-bond donors (Lipinski definition) is 2. The molecule has 1 aliphatic heterocycles. The van der Waals surface area contributed by atoms with E-state index >= 15 is 0 Å². The third-order valence-electron chi connectivity index (χ3n) is 5.70. The molecule has 1 fully saturated rings. The second-order valence-corrected chi connectivity index (χ2v) is 7.74. The van der Waals surface area contributed by atoms with Crippen LogP contribution in [-0.4, -0.2) is 60.0 Å². The summed E-state index contributed by atoms with van der Waals surface area (Å²) in [4.78, 5) is 6.76. The predicted molar refractivity (Wildman–Crippen MR) is 141 cm³/mol. The molecule has 0 bridgehead atoms. The number of benzene rings is 2. The Morgan fingerprint density at radius 3 is 2.41 bits per heavy atom. The van der Waals surface area contributed by atoms with E-state index in [0.29, 0.717) is 12.0 Å². The Labute approximate surface area is 208 Å². The second-order valence-electron chi connectivity index (χ2n) is 7.74. The zero-order chi connectivity index (χ0) is 22.2. The molecular weight excluding hydrogens is 519 g/mol. The predicted octanol–water partition coefficient (Wildman–Crippen LogP) is 3.88. The Balaban J connectivity index is 0.00000363. The number of rotatable bonds is 8. The first-order valence-corrected chi connectivity index (χ1v) is 10.7. The number of nitrogens with one attached hydrogen (secondary N) is 2. The summed E-state index contributed by atoms with van der Waals surface area (Å²) in [5, 5.41) is 7.02. The van der Waals surface area contributed by atoms with Gasteiger partial charge in [0.05, 0.1) is 21.3 Å². The maximum Gasteiger partial charge on any atom is 0.191 e. The fraction of sp³-hybridized carbons (Fsp3) is 0.458. The van der Waals surface area contributed by atoms with Crippen molar-refractivity contribution in [2.24, 2.45) is 4.99 Å². The number of guanidine groups is 1. The molecule has 3 rings (SSSR count). The molecule has 2 atom stereocenters. The van der Waals surface area contributed by atoms with Crippen LogP contribution >= 0.6 is 24.0 Å². The fourth-order valence-corrected chi connectivity index (χ4v) is 3.91. The number of hydrogen-bond acceptors (Lipinski definition) is 5. The summed E-state index contributed by atoms with van der Waals surface area (Å²) in [7, 11) is 6.87. The van der Waals surface area contributed by atoms with Gasteiger partial charge < -0.3 is 29.7 Å². The minimum Gasteiger partial charge on any atom is -0.497 e. The van der Waals surface area contributed by atoms with Gasteiger partial charge in [-0.1, -0.05) is 25.1 Å². The number of nitrogens with zero attached hydrogens (tertiary/aromatic N) is 2. The van der Waals surface area contributed by atoms with Gasteiger partial charge in [-0.25, -0.2) is 0 Å². The Kier molecular flexibility index (Phi) is 10.2. The molecule has 0 radical (unpaired) electrons. The van der Waals surface area contributed by atoms with Crippen molar-refractivity contribution in [1.29, 1.82) is 0 Å². The Morgan fingerprint density at radius 2 is 1.78 bits per heavy atom. The highest BCUT2D eigenvalue weighted by molar-refractivity contribution is 14.0. The minimum atomic E-state index is 0. The van der Waals surface area contributed by atoms with E-state index in [0.717, 1.165) is 55.0 Å². The molecule has 0 amide bonds. The van der Waals surface area contributed by atoms with Crippen LogP contribution < -0.4 is 29.7 Å². The van der Waals surface area contributed by atoms with Crippen LogP contribution in [0.1, 0.15) is 24.8 Å². The molecule has 2 unspecified atom stereocenters. The van der Waals surface area contributed by atoms with E-state index < -0.39 is 0 Å². The van der Waals surface area contributed by atoms with E-state index in [-0.39, 0.29) is 24.0 Å². The average Bonchev–Trinajstić information content (AvgIpc) is 3.29. The molecule has 0 spiro atoms. The van der Waals surface area contributed by atoms with Gasteiger partial charge >= 0.3 is 0 Å². The van der Waals surface area contributed by atoms with Crippen LogP contribution in [0, 0.1) is 0 Å². The molecule has 2 aromatic carbocycles. The van der Waals surface area contributed by atoms with Crippen LogP contribution in [0.3, 0.4) is 0 Å². The van der Waals surface area contributed by atoms with Crippen molar-refractivity contribution in [3.05, 3.63) is 48.0 Å². The van der Waals surface area contributed by atoms with E-state index in [2.05, 4.69) is 33.5 Å². The second kappa shape index (κ2) is 12.6. The third kappa shape index (κ3) is 6.57. The number of ether oxygens (including phenoxy) is 3. The van der Waals surface area contributed by atoms with Gasteiger partial charge in [0.2, 0.25) is 0 Å². The highest BCUT2D eigenvalue weighted by atomic mass is 127.